The monoisotopic (exact) mass is 233 g/mol. The van der Waals surface area contributed by atoms with Gasteiger partial charge >= 0.3 is 0 Å². The Morgan fingerprint density at radius 1 is 1.18 bits per heavy atom. The quantitative estimate of drug-likeness (QED) is 0.777. The zero-order valence-electron chi connectivity index (χ0n) is 12.0. The van der Waals surface area contributed by atoms with E-state index >= 15 is 0 Å². The van der Waals surface area contributed by atoms with Crippen molar-refractivity contribution >= 4 is 0 Å². The molecule has 2 atom stereocenters. The highest BCUT2D eigenvalue weighted by molar-refractivity contribution is 5.33. The zero-order chi connectivity index (χ0) is 12.8. The number of likely N-dealkylation sites (N-methyl/N-ethyl adjacent to an activating group) is 1. The van der Waals surface area contributed by atoms with Gasteiger partial charge in [0, 0.05) is 6.04 Å². The average Bonchev–Trinajstić information content (AvgIpc) is 2.31. The minimum absolute atomic E-state index is 0.592. The summed E-state index contributed by atoms with van der Waals surface area (Å²) in [6.07, 6.45) is 2.50. The SMILES string of the molecule is CCCC(NCC)C(C)c1cc(C)ccc1C. The first kappa shape index (κ1) is 14.2. The van der Waals surface area contributed by atoms with Crippen LogP contribution in [0.3, 0.4) is 0 Å². The van der Waals surface area contributed by atoms with Crippen molar-refractivity contribution < 1.29 is 0 Å². The minimum atomic E-state index is 0.592. The lowest BCUT2D eigenvalue weighted by Crippen LogP contribution is -2.33. The van der Waals surface area contributed by atoms with Crippen LogP contribution in [0.4, 0.5) is 0 Å². The molecule has 2 unspecified atom stereocenters. The number of rotatable bonds is 6. The van der Waals surface area contributed by atoms with Crippen LogP contribution in [-0.2, 0) is 0 Å². The second kappa shape index (κ2) is 6.80. The summed E-state index contributed by atoms with van der Waals surface area (Å²) < 4.78 is 0. The summed E-state index contributed by atoms with van der Waals surface area (Å²) in [6, 6.07) is 7.40. The Labute approximate surface area is 107 Å². The van der Waals surface area contributed by atoms with E-state index < -0.39 is 0 Å². The molecule has 96 valence electrons. The Bertz CT molecular complexity index is 337. The van der Waals surface area contributed by atoms with Crippen LogP contribution in [0.2, 0.25) is 0 Å². The van der Waals surface area contributed by atoms with Crippen molar-refractivity contribution in [3.63, 3.8) is 0 Å². The Kier molecular flexibility index (Phi) is 5.70. The summed E-state index contributed by atoms with van der Waals surface area (Å²) in [4.78, 5) is 0. The van der Waals surface area contributed by atoms with Gasteiger partial charge in [0.05, 0.1) is 0 Å². The number of nitrogens with one attached hydrogen (secondary N) is 1. The lowest BCUT2D eigenvalue weighted by molar-refractivity contribution is 0.429. The summed E-state index contributed by atoms with van der Waals surface area (Å²) >= 11 is 0. The van der Waals surface area contributed by atoms with Gasteiger partial charge in [0.25, 0.3) is 0 Å². The van der Waals surface area contributed by atoms with Gasteiger partial charge in [0.2, 0.25) is 0 Å². The Balaban J connectivity index is 2.91. The lowest BCUT2D eigenvalue weighted by atomic mass is 9.87. The molecule has 0 fully saturated rings. The first-order chi connectivity index (χ1) is 8.10. The van der Waals surface area contributed by atoms with Crippen LogP contribution in [0, 0.1) is 13.8 Å². The van der Waals surface area contributed by atoms with Gasteiger partial charge in [0.15, 0.2) is 0 Å². The molecule has 1 aromatic carbocycles. The van der Waals surface area contributed by atoms with E-state index in [1.807, 2.05) is 0 Å². The molecule has 0 saturated carbocycles. The number of hydrogen-bond donors (Lipinski definition) is 1. The third kappa shape index (κ3) is 3.85. The minimum Gasteiger partial charge on any atom is -0.314 e. The summed E-state index contributed by atoms with van der Waals surface area (Å²) in [5.41, 5.74) is 4.29. The summed E-state index contributed by atoms with van der Waals surface area (Å²) in [5.74, 6) is 0.592. The van der Waals surface area contributed by atoms with E-state index in [1.165, 1.54) is 29.5 Å². The van der Waals surface area contributed by atoms with Crippen molar-refractivity contribution in [3.8, 4) is 0 Å². The molecule has 0 saturated heterocycles. The molecule has 0 aliphatic rings. The predicted octanol–water partition coefficient (Wildman–Crippen LogP) is 4.19. The van der Waals surface area contributed by atoms with E-state index in [-0.39, 0.29) is 0 Å². The summed E-state index contributed by atoms with van der Waals surface area (Å²) in [6.45, 7) is 12.3. The van der Waals surface area contributed by atoms with E-state index in [0.717, 1.165) is 6.54 Å². The number of hydrogen-bond acceptors (Lipinski definition) is 1. The van der Waals surface area contributed by atoms with E-state index in [4.69, 9.17) is 0 Å². The molecule has 1 heteroatoms. The highest BCUT2D eigenvalue weighted by atomic mass is 14.9. The standard InChI is InChI=1S/C16H27N/c1-6-8-16(17-7-2)14(5)15-11-12(3)9-10-13(15)4/h9-11,14,16-17H,6-8H2,1-5H3. The second-order valence-electron chi connectivity index (χ2n) is 5.10. The van der Waals surface area contributed by atoms with E-state index in [9.17, 15) is 0 Å². The van der Waals surface area contributed by atoms with Crippen molar-refractivity contribution in [3.05, 3.63) is 34.9 Å². The highest BCUT2D eigenvalue weighted by Gasteiger charge is 2.18. The normalized spacial score (nSPS) is 14.6. The Morgan fingerprint density at radius 3 is 2.47 bits per heavy atom. The van der Waals surface area contributed by atoms with Gasteiger partial charge in [-0.05, 0) is 43.9 Å². The molecule has 0 radical (unpaired) electrons. The van der Waals surface area contributed by atoms with E-state index in [2.05, 4.69) is 58.1 Å². The van der Waals surface area contributed by atoms with Crippen molar-refractivity contribution in [2.24, 2.45) is 0 Å². The molecule has 0 aromatic heterocycles. The molecule has 0 bridgehead atoms. The molecule has 0 aliphatic carbocycles. The molecule has 1 N–H and O–H groups in total. The molecule has 0 spiro atoms. The highest BCUT2D eigenvalue weighted by Crippen LogP contribution is 2.26. The summed E-state index contributed by atoms with van der Waals surface area (Å²) in [7, 11) is 0. The van der Waals surface area contributed by atoms with Crippen LogP contribution in [0.25, 0.3) is 0 Å². The maximum Gasteiger partial charge on any atom is 0.0133 e. The van der Waals surface area contributed by atoms with Gasteiger partial charge in [-0.3, -0.25) is 0 Å². The van der Waals surface area contributed by atoms with Crippen molar-refractivity contribution in [1.82, 2.24) is 5.32 Å². The molecule has 17 heavy (non-hydrogen) atoms. The largest absolute Gasteiger partial charge is 0.314 e. The maximum atomic E-state index is 3.63. The molecular formula is C16H27N. The van der Waals surface area contributed by atoms with Gasteiger partial charge < -0.3 is 5.32 Å². The van der Waals surface area contributed by atoms with Gasteiger partial charge in [0.1, 0.15) is 0 Å². The predicted molar refractivity (Wildman–Crippen MR) is 76.7 cm³/mol. The average molecular weight is 233 g/mol. The molecule has 1 nitrogen and oxygen atoms in total. The third-order valence-electron chi connectivity index (χ3n) is 3.59. The zero-order valence-corrected chi connectivity index (χ0v) is 12.0. The van der Waals surface area contributed by atoms with Crippen LogP contribution in [0.5, 0.6) is 0 Å². The summed E-state index contributed by atoms with van der Waals surface area (Å²) in [5, 5.41) is 3.63. The first-order valence-corrected chi connectivity index (χ1v) is 6.90. The van der Waals surface area contributed by atoms with Crippen molar-refractivity contribution in [2.45, 2.75) is 59.4 Å². The fourth-order valence-electron chi connectivity index (χ4n) is 2.57. The Hall–Kier alpha value is -0.820. The fourth-order valence-corrected chi connectivity index (χ4v) is 2.57. The second-order valence-corrected chi connectivity index (χ2v) is 5.10. The van der Waals surface area contributed by atoms with Crippen LogP contribution >= 0.6 is 0 Å². The van der Waals surface area contributed by atoms with Crippen LogP contribution in [0.1, 0.15) is 56.2 Å². The molecule has 0 aliphatic heterocycles. The first-order valence-electron chi connectivity index (χ1n) is 6.90. The van der Waals surface area contributed by atoms with Gasteiger partial charge in [-0.15, -0.1) is 0 Å². The number of benzene rings is 1. The lowest BCUT2D eigenvalue weighted by Gasteiger charge is -2.26. The smallest absolute Gasteiger partial charge is 0.0133 e. The third-order valence-corrected chi connectivity index (χ3v) is 3.59. The molecule has 1 rings (SSSR count). The fraction of sp³-hybridized carbons (Fsp3) is 0.625. The molecular weight excluding hydrogens is 206 g/mol. The van der Waals surface area contributed by atoms with Gasteiger partial charge in [-0.2, -0.15) is 0 Å². The molecule has 0 heterocycles. The van der Waals surface area contributed by atoms with Gasteiger partial charge in [-0.1, -0.05) is 51.0 Å². The van der Waals surface area contributed by atoms with Crippen LogP contribution in [0.15, 0.2) is 18.2 Å². The molecule has 0 amide bonds. The van der Waals surface area contributed by atoms with Crippen LogP contribution < -0.4 is 5.32 Å². The van der Waals surface area contributed by atoms with Crippen LogP contribution in [-0.4, -0.2) is 12.6 Å². The Morgan fingerprint density at radius 2 is 1.88 bits per heavy atom. The van der Waals surface area contributed by atoms with E-state index in [0.29, 0.717) is 12.0 Å². The van der Waals surface area contributed by atoms with Gasteiger partial charge in [-0.25, -0.2) is 0 Å². The van der Waals surface area contributed by atoms with E-state index in [1.54, 1.807) is 0 Å². The molecule has 1 aromatic rings. The van der Waals surface area contributed by atoms with Crippen molar-refractivity contribution in [2.75, 3.05) is 6.54 Å². The topological polar surface area (TPSA) is 12.0 Å². The van der Waals surface area contributed by atoms with Crippen molar-refractivity contribution in [1.29, 1.82) is 0 Å². The maximum absolute atomic E-state index is 3.63. The number of aryl methyl sites for hydroxylation is 2.